The number of fused-ring (bicyclic) bond motifs is 2. The molecule has 298 valence electrons. The molecule has 17 heteroatoms. The van der Waals surface area contributed by atoms with Gasteiger partial charge in [0.05, 0.1) is 43.6 Å². The quantitative estimate of drug-likeness (QED) is 0.0887. The van der Waals surface area contributed by atoms with Gasteiger partial charge in [-0.15, -0.1) is 0 Å². The molecular weight excluding hydrogens is 745 g/mol. The third-order valence-electron chi connectivity index (χ3n) is 10.5. The fourth-order valence-electron chi connectivity index (χ4n) is 7.74. The monoisotopic (exact) mass is 786 g/mol. The molecular formula is C41H42N10O7. The minimum Gasteiger partial charge on any atom is -0.382 e. The van der Waals surface area contributed by atoms with Crippen molar-refractivity contribution >= 4 is 52.4 Å². The molecule has 0 aliphatic carbocycles. The number of carbonyl (C=O) groups excluding carboxylic acids is 5. The zero-order valence-corrected chi connectivity index (χ0v) is 31.6. The number of rotatable bonds is 15. The van der Waals surface area contributed by atoms with Crippen molar-refractivity contribution in [1.29, 1.82) is 0 Å². The number of nitrogens with one attached hydrogen (secondary N) is 3. The van der Waals surface area contributed by atoms with Crippen LogP contribution < -0.4 is 21.7 Å². The molecule has 0 bridgehead atoms. The third kappa shape index (κ3) is 7.74. The van der Waals surface area contributed by atoms with Crippen molar-refractivity contribution in [2.24, 2.45) is 0 Å². The third-order valence-corrected chi connectivity index (χ3v) is 10.5. The number of aromatic nitrogens is 4. The van der Waals surface area contributed by atoms with E-state index in [2.05, 4.69) is 30.8 Å². The van der Waals surface area contributed by atoms with Gasteiger partial charge in [-0.05, 0) is 62.2 Å². The summed E-state index contributed by atoms with van der Waals surface area (Å²) in [6.07, 6.45) is 7.25. The number of likely N-dealkylation sites (tertiary alicyclic amines) is 1. The molecule has 2 atom stereocenters. The Kier molecular flexibility index (Phi) is 11.2. The van der Waals surface area contributed by atoms with Crippen LogP contribution in [-0.4, -0.2) is 111 Å². The number of imide groups is 2. The smallest absolute Gasteiger partial charge is 0.264 e. The average Bonchev–Trinajstić information content (AvgIpc) is 3.93. The van der Waals surface area contributed by atoms with E-state index in [0.29, 0.717) is 73.6 Å². The summed E-state index contributed by atoms with van der Waals surface area (Å²) >= 11 is 0. The highest BCUT2D eigenvalue weighted by Gasteiger charge is 2.45. The topological polar surface area (TPSA) is 215 Å². The second-order valence-corrected chi connectivity index (χ2v) is 14.1. The lowest BCUT2D eigenvalue weighted by atomic mass is 10.0. The minimum absolute atomic E-state index is 0.0371. The van der Waals surface area contributed by atoms with Gasteiger partial charge in [0.1, 0.15) is 34.7 Å². The number of carbonyl (C=O) groups is 5. The van der Waals surface area contributed by atoms with E-state index in [1.807, 2.05) is 28.8 Å². The molecule has 5 amide bonds. The fraction of sp³-hybridized carbons (Fsp3) is 0.317. The van der Waals surface area contributed by atoms with E-state index in [1.165, 1.54) is 0 Å². The predicted molar refractivity (Wildman–Crippen MR) is 212 cm³/mol. The van der Waals surface area contributed by atoms with Crippen molar-refractivity contribution < 1.29 is 33.4 Å². The molecule has 17 nitrogen and oxygen atoms in total. The van der Waals surface area contributed by atoms with Crippen LogP contribution in [-0.2, 0) is 19.1 Å². The number of imidazole rings is 1. The molecule has 3 aliphatic rings. The number of benzene rings is 2. The van der Waals surface area contributed by atoms with Gasteiger partial charge in [0.2, 0.25) is 11.8 Å². The van der Waals surface area contributed by atoms with Crippen LogP contribution in [0.2, 0.25) is 0 Å². The molecule has 5 N–H and O–H groups in total. The Morgan fingerprint density at radius 3 is 2.50 bits per heavy atom. The van der Waals surface area contributed by atoms with E-state index in [0.717, 1.165) is 35.7 Å². The van der Waals surface area contributed by atoms with Crippen LogP contribution in [0.25, 0.3) is 16.8 Å². The van der Waals surface area contributed by atoms with Crippen molar-refractivity contribution in [3.05, 3.63) is 102 Å². The van der Waals surface area contributed by atoms with Gasteiger partial charge in [-0.25, -0.2) is 15.0 Å². The molecule has 5 aromatic rings. The Hall–Kier alpha value is -6.56. The summed E-state index contributed by atoms with van der Waals surface area (Å²) in [6.45, 7) is 3.54. The van der Waals surface area contributed by atoms with Gasteiger partial charge in [0.15, 0.2) is 0 Å². The van der Waals surface area contributed by atoms with E-state index in [1.54, 1.807) is 54.9 Å². The maximum Gasteiger partial charge on any atom is 0.264 e. The molecule has 3 aliphatic heterocycles. The molecule has 2 fully saturated rings. The van der Waals surface area contributed by atoms with Gasteiger partial charge in [-0.2, -0.15) is 0 Å². The number of nitrogens with two attached hydrogens (primary N) is 1. The molecule has 2 aromatic carbocycles. The minimum atomic E-state index is -1.02. The van der Waals surface area contributed by atoms with Crippen molar-refractivity contribution in [2.75, 3.05) is 62.4 Å². The Bertz CT molecular complexity index is 2370. The molecule has 0 radical (unpaired) electrons. The van der Waals surface area contributed by atoms with E-state index >= 15 is 0 Å². The first-order valence-electron chi connectivity index (χ1n) is 19.2. The van der Waals surface area contributed by atoms with Crippen LogP contribution in [0.3, 0.4) is 0 Å². The summed E-state index contributed by atoms with van der Waals surface area (Å²) in [5.74, 6) is -0.745. The highest BCUT2D eigenvalue weighted by molar-refractivity contribution is 6.25. The summed E-state index contributed by atoms with van der Waals surface area (Å²) in [4.78, 5) is 80.2. The molecule has 1 unspecified atom stereocenters. The lowest BCUT2D eigenvalue weighted by Gasteiger charge is -2.27. The average molecular weight is 787 g/mol. The number of ether oxygens (including phenoxy) is 2. The highest BCUT2D eigenvalue weighted by Crippen LogP contribution is 2.36. The molecule has 0 spiro atoms. The number of amides is 5. The SMILES string of the molecule is Nc1nccn2c([C@@H]3CCCN3CCOCCOCCNc3cccc4c3C(=O)N(C3CCC(=O)NC3=O)C4=O)nc(-c3ccc(C(=O)Nc4ccccn4)cc3)c12. The first kappa shape index (κ1) is 38.3. The van der Waals surface area contributed by atoms with Crippen LogP contribution in [0.5, 0.6) is 0 Å². The molecule has 6 heterocycles. The van der Waals surface area contributed by atoms with Gasteiger partial charge in [0, 0.05) is 54.9 Å². The van der Waals surface area contributed by atoms with Gasteiger partial charge >= 0.3 is 0 Å². The standard InChI is InChI=1S/C41H42N10O7/c42-36-35-34(25-9-11-26(12-10-25)38(53)46-31-8-1-2-15-44-31)48-37(50(35)19-16-45-36)29-7-4-18-49(29)20-22-58-24-23-57-21-17-43-28-6-3-5-27-33(28)41(56)51(40(27)55)30-13-14-32(52)47-39(30)54/h1-3,5-6,8-12,15-16,19,29-30,43H,4,7,13-14,17-18,20-24H2,(H2,42,45)(H,44,46,53)(H,47,52,54)/t29-,30?/m0/s1. The van der Waals surface area contributed by atoms with Gasteiger partial charge < -0.3 is 25.8 Å². The second-order valence-electron chi connectivity index (χ2n) is 14.1. The second kappa shape index (κ2) is 16.9. The van der Waals surface area contributed by atoms with E-state index in [9.17, 15) is 24.0 Å². The molecule has 3 aromatic heterocycles. The summed E-state index contributed by atoms with van der Waals surface area (Å²) < 4.78 is 13.7. The fourth-order valence-corrected chi connectivity index (χ4v) is 7.74. The van der Waals surface area contributed by atoms with Crippen LogP contribution in [0.15, 0.2) is 79.3 Å². The van der Waals surface area contributed by atoms with Crippen LogP contribution in [0.1, 0.15) is 68.6 Å². The summed E-state index contributed by atoms with van der Waals surface area (Å²) in [6, 6.07) is 16.5. The maximum atomic E-state index is 13.3. The Morgan fingerprint density at radius 2 is 1.71 bits per heavy atom. The number of nitrogens with zero attached hydrogens (tertiary/aromatic N) is 6. The first-order valence-corrected chi connectivity index (χ1v) is 19.2. The molecule has 0 saturated carbocycles. The molecule has 2 saturated heterocycles. The van der Waals surface area contributed by atoms with Gasteiger partial charge in [-0.3, -0.25) is 43.5 Å². The Balaban J connectivity index is 0.813. The number of hydrogen-bond acceptors (Lipinski definition) is 13. The van der Waals surface area contributed by atoms with Crippen LogP contribution in [0, 0.1) is 0 Å². The number of pyridine rings is 1. The summed E-state index contributed by atoms with van der Waals surface area (Å²) in [5.41, 5.74) is 10.0. The normalized spacial score (nSPS) is 18.2. The summed E-state index contributed by atoms with van der Waals surface area (Å²) in [7, 11) is 0. The van der Waals surface area contributed by atoms with E-state index in [-0.39, 0.29) is 35.9 Å². The number of piperidine rings is 1. The van der Waals surface area contributed by atoms with E-state index < -0.39 is 29.7 Å². The van der Waals surface area contributed by atoms with Crippen molar-refractivity contribution in [3.8, 4) is 11.3 Å². The lowest BCUT2D eigenvalue weighted by molar-refractivity contribution is -0.136. The van der Waals surface area contributed by atoms with Gasteiger partial charge in [-0.1, -0.05) is 24.3 Å². The van der Waals surface area contributed by atoms with Gasteiger partial charge in [0.25, 0.3) is 17.7 Å². The van der Waals surface area contributed by atoms with Crippen molar-refractivity contribution in [1.82, 2.24) is 34.5 Å². The zero-order valence-electron chi connectivity index (χ0n) is 31.6. The maximum absolute atomic E-state index is 13.3. The van der Waals surface area contributed by atoms with E-state index in [4.69, 9.17) is 20.2 Å². The Labute approximate surface area is 332 Å². The van der Waals surface area contributed by atoms with Crippen molar-refractivity contribution in [3.63, 3.8) is 0 Å². The highest BCUT2D eigenvalue weighted by atomic mass is 16.5. The summed E-state index contributed by atoms with van der Waals surface area (Å²) in [5, 5.41) is 8.19. The number of nitrogen functional groups attached to an aromatic ring is 1. The number of hydrogen-bond donors (Lipinski definition) is 4. The lowest BCUT2D eigenvalue weighted by Crippen LogP contribution is -2.54. The molecule has 8 rings (SSSR count). The largest absolute Gasteiger partial charge is 0.382 e. The first-order chi connectivity index (χ1) is 28.3. The Morgan fingerprint density at radius 1 is 0.879 bits per heavy atom. The predicted octanol–water partition coefficient (Wildman–Crippen LogP) is 3.31. The molecule has 58 heavy (non-hydrogen) atoms. The zero-order chi connectivity index (χ0) is 40.2. The van der Waals surface area contributed by atoms with Crippen molar-refractivity contribution in [2.45, 2.75) is 37.8 Å². The van der Waals surface area contributed by atoms with Crippen LogP contribution >= 0.6 is 0 Å². The number of anilines is 3. The van der Waals surface area contributed by atoms with Crippen LogP contribution in [0.4, 0.5) is 17.3 Å².